The second-order valence-electron chi connectivity index (χ2n) is 3.42. The van der Waals surface area contributed by atoms with Gasteiger partial charge in [0.05, 0.1) is 16.9 Å². The zero-order valence-electron chi connectivity index (χ0n) is 8.68. The third kappa shape index (κ3) is 2.43. The normalized spacial score (nSPS) is 10.8. The van der Waals surface area contributed by atoms with Crippen molar-refractivity contribution in [1.29, 1.82) is 0 Å². The van der Waals surface area contributed by atoms with Crippen molar-refractivity contribution in [2.24, 2.45) is 12.8 Å². The number of thiazole rings is 1. The quantitative estimate of drug-likeness (QED) is 0.851. The lowest BCUT2D eigenvalue weighted by Gasteiger charge is -1.91. The van der Waals surface area contributed by atoms with E-state index in [-0.39, 0.29) is 0 Å². The van der Waals surface area contributed by atoms with Gasteiger partial charge in [-0.3, -0.25) is 4.68 Å². The summed E-state index contributed by atoms with van der Waals surface area (Å²) in [6, 6.07) is 0. The SMILES string of the molecule is Cn1cc(-c2csc(CCCN)n2)cn1. The zero-order valence-corrected chi connectivity index (χ0v) is 9.50. The van der Waals surface area contributed by atoms with E-state index in [1.165, 1.54) is 0 Å². The average Bonchev–Trinajstić information content (AvgIpc) is 2.83. The molecule has 0 spiro atoms. The fourth-order valence-corrected chi connectivity index (χ4v) is 2.21. The van der Waals surface area contributed by atoms with Crippen LogP contribution in [0.4, 0.5) is 0 Å². The summed E-state index contributed by atoms with van der Waals surface area (Å²) in [5.74, 6) is 0. The number of aryl methyl sites for hydroxylation is 2. The van der Waals surface area contributed by atoms with Gasteiger partial charge >= 0.3 is 0 Å². The smallest absolute Gasteiger partial charge is 0.0933 e. The van der Waals surface area contributed by atoms with Crippen LogP contribution in [0.3, 0.4) is 0 Å². The molecule has 80 valence electrons. The highest BCUT2D eigenvalue weighted by atomic mass is 32.1. The zero-order chi connectivity index (χ0) is 10.7. The minimum absolute atomic E-state index is 0.724. The maximum Gasteiger partial charge on any atom is 0.0933 e. The van der Waals surface area contributed by atoms with Crippen molar-refractivity contribution in [3.8, 4) is 11.3 Å². The van der Waals surface area contributed by atoms with E-state index in [1.807, 2.05) is 19.4 Å². The number of hydrogen-bond donors (Lipinski definition) is 1. The highest BCUT2D eigenvalue weighted by Gasteiger charge is 2.05. The van der Waals surface area contributed by atoms with Crippen LogP contribution in [-0.4, -0.2) is 21.3 Å². The monoisotopic (exact) mass is 222 g/mol. The van der Waals surface area contributed by atoms with Gasteiger partial charge in [0.15, 0.2) is 0 Å². The molecule has 2 heterocycles. The van der Waals surface area contributed by atoms with Gasteiger partial charge in [0.2, 0.25) is 0 Å². The Morgan fingerprint density at radius 1 is 1.53 bits per heavy atom. The fourth-order valence-electron chi connectivity index (χ4n) is 1.37. The maximum absolute atomic E-state index is 5.46. The lowest BCUT2D eigenvalue weighted by molar-refractivity contribution is 0.768. The van der Waals surface area contributed by atoms with Crippen molar-refractivity contribution in [2.45, 2.75) is 12.8 Å². The molecule has 0 aliphatic rings. The van der Waals surface area contributed by atoms with E-state index in [4.69, 9.17) is 5.73 Å². The lowest BCUT2D eigenvalue weighted by atomic mass is 10.3. The highest BCUT2D eigenvalue weighted by Crippen LogP contribution is 2.21. The minimum atomic E-state index is 0.724. The Morgan fingerprint density at radius 2 is 2.40 bits per heavy atom. The van der Waals surface area contributed by atoms with Crippen LogP contribution in [-0.2, 0) is 13.5 Å². The predicted molar refractivity (Wildman–Crippen MR) is 61.7 cm³/mol. The van der Waals surface area contributed by atoms with Gasteiger partial charge in [-0.05, 0) is 13.0 Å². The van der Waals surface area contributed by atoms with Gasteiger partial charge in [-0.25, -0.2) is 4.98 Å². The van der Waals surface area contributed by atoms with Gasteiger partial charge in [-0.15, -0.1) is 11.3 Å². The third-order valence-electron chi connectivity index (χ3n) is 2.15. The van der Waals surface area contributed by atoms with E-state index in [0.717, 1.165) is 35.7 Å². The molecule has 0 aromatic carbocycles. The van der Waals surface area contributed by atoms with Crippen LogP contribution in [0.25, 0.3) is 11.3 Å². The molecule has 0 amide bonds. The lowest BCUT2D eigenvalue weighted by Crippen LogP contribution is -1.99. The Hall–Kier alpha value is -1.20. The van der Waals surface area contributed by atoms with Gasteiger partial charge in [-0.1, -0.05) is 0 Å². The summed E-state index contributed by atoms with van der Waals surface area (Å²) in [5, 5.41) is 7.35. The van der Waals surface area contributed by atoms with E-state index < -0.39 is 0 Å². The first kappa shape index (κ1) is 10.3. The molecular weight excluding hydrogens is 208 g/mol. The topological polar surface area (TPSA) is 56.7 Å². The summed E-state index contributed by atoms with van der Waals surface area (Å²) < 4.78 is 1.79. The molecule has 2 N–H and O–H groups in total. The van der Waals surface area contributed by atoms with Crippen LogP contribution in [0.5, 0.6) is 0 Å². The summed E-state index contributed by atoms with van der Waals surface area (Å²) >= 11 is 1.69. The first-order valence-electron chi connectivity index (χ1n) is 4.93. The summed E-state index contributed by atoms with van der Waals surface area (Å²) in [6.07, 6.45) is 5.78. The summed E-state index contributed by atoms with van der Waals surface area (Å²) in [7, 11) is 1.91. The summed E-state index contributed by atoms with van der Waals surface area (Å²) in [4.78, 5) is 4.54. The highest BCUT2D eigenvalue weighted by molar-refractivity contribution is 7.09. The van der Waals surface area contributed by atoms with Crippen molar-refractivity contribution in [3.63, 3.8) is 0 Å². The van der Waals surface area contributed by atoms with Crippen molar-refractivity contribution in [2.75, 3.05) is 6.54 Å². The van der Waals surface area contributed by atoms with E-state index in [0.29, 0.717) is 0 Å². The Kier molecular flexibility index (Phi) is 3.13. The standard InChI is InChI=1S/C10H14N4S/c1-14-6-8(5-12-14)9-7-15-10(13-9)3-2-4-11/h5-7H,2-4,11H2,1H3. The van der Waals surface area contributed by atoms with Crippen LogP contribution in [0, 0.1) is 0 Å². The maximum atomic E-state index is 5.46. The summed E-state index contributed by atoms with van der Waals surface area (Å²) in [5.41, 5.74) is 7.55. The first-order valence-corrected chi connectivity index (χ1v) is 5.81. The second kappa shape index (κ2) is 4.55. The van der Waals surface area contributed by atoms with Gasteiger partial charge in [0.25, 0.3) is 0 Å². The van der Waals surface area contributed by atoms with Gasteiger partial charge in [-0.2, -0.15) is 5.10 Å². The van der Waals surface area contributed by atoms with Crippen LogP contribution < -0.4 is 5.73 Å². The molecule has 0 aliphatic carbocycles. The van der Waals surface area contributed by atoms with Crippen LogP contribution in [0.15, 0.2) is 17.8 Å². The molecule has 2 aromatic rings. The molecule has 2 aromatic heterocycles. The molecule has 0 bridgehead atoms. The molecule has 0 fully saturated rings. The number of hydrogen-bond acceptors (Lipinski definition) is 4. The van der Waals surface area contributed by atoms with Crippen molar-refractivity contribution in [1.82, 2.24) is 14.8 Å². The van der Waals surface area contributed by atoms with E-state index in [2.05, 4.69) is 15.5 Å². The van der Waals surface area contributed by atoms with Crippen molar-refractivity contribution < 1.29 is 0 Å². The molecule has 0 radical (unpaired) electrons. The first-order chi connectivity index (χ1) is 7.29. The summed E-state index contributed by atoms with van der Waals surface area (Å²) in [6.45, 7) is 0.724. The second-order valence-corrected chi connectivity index (χ2v) is 4.36. The van der Waals surface area contributed by atoms with E-state index in [9.17, 15) is 0 Å². The van der Waals surface area contributed by atoms with Crippen molar-refractivity contribution in [3.05, 3.63) is 22.8 Å². The average molecular weight is 222 g/mol. The Bertz CT molecular complexity index is 432. The fraction of sp³-hybridized carbons (Fsp3) is 0.400. The van der Waals surface area contributed by atoms with Gasteiger partial charge < -0.3 is 5.73 Å². The molecule has 0 saturated heterocycles. The Labute approximate surface area is 92.8 Å². The van der Waals surface area contributed by atoms with Crippen molar-refractivity contribution >= 4 is 11.3 Å². The van der Waals surface area contributed by atoms with E-state index in [1.54, 1.807) is 16.0 Å². The predicted octanol–water partition coefficient (Wildman–Crippen LogP) is 1.43. The molecule has 0 saturated carbocycles. The van der Waals surface area contributed by atoms with Crippen LogP contribution in [0.1, 0.15) is 11.4 Å². The molecule has 0 atom stereocenters. The van der Waals surface area contributed by atoms with Gasteiger partial charge in [0.1, 0.15) is 0 Å². The largest absolute Gasteiger partial charge is 0.330 e. The number of aromatic nitrogens is 3. The molecular formula is C10H14N4S. The van der Waals surface area contributed by atoms with Crippen LogP contribution >= 0.6 is 11.3 Å². The molecule has 2 rings (SSSR count). The molecule has 15 heavy (non-hydrogen) atoms. The van der Waals surface area contributed by atoms with Crippen LogP contribution in [0.2, 0.25) is 0 Å². The van der Waals surface area contributed by atoms with Gasteiger partial charge in [0, 0.05) is 30.6 Å². The number of nitrogens with two attached hydrogens (primary N) is 1. The Morgan fingerprint density at radius 3 is 3.07 bits per heavy atom. The molecule has 5 heteroatoms. The Balaban J connectivity index is 2.13. The molecule has 0 unspecified atom stereocenters. The van der Waals surface area contributed by atoms with E-state index >= 15 is 0 Å². The minimum Gasteiger partial charge on any atom is -0.330 e. The molecule has 4 nitrogen and oxygen atoms in total. The molecule has 0 aliphatic heterocycles. The number of rotatable bonds is 4. The number of nitrogens with zero attached hydrogens (tertiary/aromatic N) is 3. The third-order valence-corrected chi connectivity index (χ3v) is 3.06.